The van der Waals surface area contributed by atoms with Crippen molar-refractivity contribution in [1.29, 1.82) is 5.41 Å². The van der Waals surface area contributed by atoms with Crippen LogP contribution in [-0.4, -0.2) is 47.2 Å². The molecule has 1 saturated carbocycles. The molecule has 1 aliphatic carbocycles. The Morgan fingerprint density at radius 1 is 1.11 bits per heavy atom. The molecular formula is C29H32N4O3. The second kappa shape index (κ2) is 8.89. The number of aromatic nitrogens is 1. The minimum absolute atomic E-state index is 0.100. The molecule has 1 atom stereocenters. The first-order valence-electron chi connectivity index (χ1n) is 12.8. The standard InChI is InChI=1S/C29H32N4O3/c1-29(2)15-21-22(16-30)27(31-26(20-10-11-20)23(21)18-36-29)32-12-13-33(28(34)25-9-6-14-35-25)24(17-32)19-7-4-3-5-8-19/h3-9,14,16,20,24,30H,10-13,15,17-18H2,1-2H3/t24-/m1/s1. The predicted molar refractivity (Wildman–Crippen MR) is 138 cm³/mol. The molecule has 186 valence electrons. The lowest BCUT2D eigenvalue weighted by molar-refractivity contribution is -0.0406. The number of amides is 1. The Morgan fingerprint density at radius 3 is 2.61 bits per heavy atom. The number of nitrogens with zero attached hydrogens (tertiary/aromatic N) is 3. The first-order chi connectivity index (χ1) is 17.4. The van der Waals surface area contributed by atoms with Gasteiger partial charge in [-0.25, -0.2) is 4.98 Å². The Bertz CT molecular complexity index is 1280. The zero-order valence-corrected chi connectivity index (χ0v) is 20.9. The largest absolute Gasteiger partial charge is 0.459 e. The number of ether oxygens (including phenoxy) is 1. The van der Waals surface area contributed by atoms with Crippen molar-refractivity contribution in [3.05, 3.63) is 82.4 Å². The predicted octanol–water partition coefficient (Wildman–Crippen LogP) is 5.10. The number of pyridine rings is 1. The molecular weight excluding hydrogens is 452 g/mol. The van der Waals surface area contributed by atoms with Gasteiger partial charge in [0.25, 0.3) is 5.91 Å². The third kappa shape index (κ3) is 4.11. The van der Waals surface area contributed by atoms with Crippen molar-refractivity contribution in [2.45, 2.75) is 57.3 Å². The zero-order valence-electron chi connectivity index (χ0n) is 20.9. The van der Waals surface area contributed by atoms with E-state index in [2.05, 4.69) is 30.9 Å². The number of carbonyl (C=O) groups excluding carboxylic acids is 1. The molecule has 1 saturated heterocycles. The molecule has 0 unspecified atom stereocenters. The molecule has 0 bridgehead atoms. The lowest BCUT2D eigenvalue weighted by Crippen LogP contribution is -2.51. The molecule has 2 aromatic heterocycles. The van der Waals surface area contributed by atoms with Crippen LogP contribution in [0.4, 0.5) is 5.82 Å². The van der Waals surface area contributed by atoms with E-state index in [4.69, 9.17) is 19.5 Å². The molecule has 36 heavy (non-hydrogen) atoms. The van der Waals surface area contributed by atoms with Gasteiger partial charge in [0.1, 0.15) is 5.82 Å². The highest BCUT2D eigenvalue weighted by Gasteiger charge is 2.39. The van der Waals surface area contributed by atoms with E-state index in [9.17, 15) is 4.79 Å². The Kier molecular flexibility index (Phi) is 5.67. The maximum absolute atomic E-state index is 13.4. The van der Waals surface area contributed by atoms with E-state index in [1.165, 1.54) is 17.3 Å². The monoisotopic (exact) mass is 484 g/mol. The third-order valence-corrected chi connectivity index (χ3v) is 7.64. The van der Waals surface area contributed by atoms with Gasteiger partial charge < -0.3 is 24.4 Å². The van der Waals surface area contributed by atoms with E-state index < -0.39 is 0 Å². The van der Waals surface area contributed by atoms with Crippen LogP contribution in [-0.2, 0) is 17.8 Å². The van der Waals surface area contributed by atoms with Gasteiger partial charge in [0, 0.05) is 49.3 Å². The fraction of sp³-hybridized carbons (Fsp3) is 0.414. The Balaban J connectivity index is 1.41. The van der Waals surface area contributed by atoms with Crippen LogP contribution in [0.1, 0.15) is 77.2 Å². The first-order valence-corrected chi connectivity index (χ1v) is 12.8. The molecule has 2 fully saturated rings. The number of benzene rings is 1. The van der Waals surface area contributed by atoms with Crippen LogP contribution < -0.4 is 4.90 Å². The van der Waals surface area contributed by atoms with Gasteiger partial charge in [0.15, 0.2) is 5.76 Å². The highest BCUT2D eigenvalue weighted by molar-refractivity contribution is 5.92. The SMILES string of the molecule is CC1(C)Cc2c(C=N)c(N3CCN(C(=O)c4ccco4)[C@@H](c4ccccc4)C3)nc(C3CC3)c2CO1. The van der Waals surface area contributed by atoms with Gasteiger partial charge in [-0.3, -0.25) is 4.79 Å². The van der Waals surface area contributed by atoms with E-state index in [1.54, 1.807) is 18.4 Å². The number of carbonyl (C=O) groups is 1. The van der Waals surface area contributed by atoms with Crippen LogP contribution in [0.3, 0.4) is 0 Å². The average molecular weight is 485 g/mol. The van der Waals surface area contributed by atoms with E-state index in [1.807, 2.05) is 23.1 Å². The van der Waals surface area contributed by atoms with E-state index >= 15 is 0 Å². The number of fused-ring (bicyclic) bond motifs is 1. The van der Waals surface area contributed by atoms with Gasteiger partial charge in [-0.05, 0) is 49.9 Å². The molecule has 7 heteroatoms. The second-order valence-corrected chi connectivity index (χ2v) is 10.7. The van der Waals surface area contributed by atoms with Crippen LogP contribution in [0.2, 0.25) is 0 Å². The molecule has 0 spiro atoms. The third-order valence-electron chi connectivity index (χ3n) is 7.64. The molecule has 3 aliphatic rings. The fourth-order valence-corrected chi connectivity index (χ4v) is 5.61. The molecule has 1 aromatic carbocycles. The number of anilines is 1. The Hall–Kier alpha value is -3.45. The minimum Gasteiger partial charge on any atom is -0.459 e. The number of piperazine rings is 1. The highest BCUT2D eigenvalue weighted by Crippen LogP contribution is 2.46. The summed E-state index contributed by atoms with van der Waals surface area (Å²) >= 11 is 0. The molecule has 6 rings (SSSR count). The van der Waals surface area contributed by atoms with Crippen LogP contribution in [0.5, 0.6) is 0 Å². The quantitative estimate of drug-likeness (QED) is 0.509. The molecule has 2 aliphatic heterocycles. The maximum atomic E-state index is 13.4. The molecule has 1 N–H and O–H groups in total. The summed E-state index contributed by atoms with van der Waals surface area (Å²) in [5.74, 6) is 1.61. The first kappa shape index (κ1) is 23.0. The van der Waals surface area contributed by atoms with Crippen molar-refractivity contribution < 1.29 is 13.9 Å². The van der Waals surface area contributed by atoms with Gasteiger partial charge in [0.05, 0.1) is 30.2 Å². The Labute approximate surface area is 211 Å². The van der Waals surface area contributed by atoms with Gasteiger partial charge in [-0.2, -0.15) is 0 Å². The number of rotatable bonds is 5. The van der Waals surface area contributed by atoms with Gasteiger partial charge >= 0.3 is 0 Å². The molecule has 1 amide bonds. The summed E-state index contributed by atoms with van der Waals surface area (Å²) in [6, 6.07) is 13.5. The topological polar surface area (TPSA) is 82.7 Å². The highest BCUT2D eigenvalue weighted by atomic mass is 16.5. The number of hydrogen-bond acceptors (Lipinski definition) is 6. The summed E-state index contributed by atoms with van der Waals surface area (Å²) in [7, 11) is 0. The summed E-state index contributed by atoms with van der Waals surface area (Å²) < 4.78 is 11.6. The van der Waals surface area contributed by atoms with Crippen LogP contribution in [0.15, 0.2) is 53.1 Å². The summed E-state index contributed by atoms with van der Waals surface area (Å²) in [6.45, 7) is 6.58. The molecule has 3 aromatic rings. The molecule has 4 heterocycles. The van der Waals surface area contributed by atoms with Gasteiger partial charge in [-0.15, -0.1) is 0 Å². The van der Waals surface area contributed by atoms with E-state index in [0.717, 1.165) is 41.9 Å². The van der Waals surface area contributed by atoms with Crippen molar-refractivity contribution in [3.8, 4) is 0 Å². The van der Waals surface area contributed by atoms with Gasteiger partial charge in [-0.1, -0.05) is 30.3 Å². The second-order valence-electron chi connectivity index (χ2n) is 10.7. The smallest absolute Gasteiger partial charge is 0.290 e. The van der Waals surface area contributed by atoms with Crippen LogP contribution >= 0.6 is 0 Å². The van der Waals surface area contributed by atoms with Gasteiger partial charge in [0.2, 0.25) is 0 Å². The normalized spacial score (nSPS) is 21.2. The summed E-state index contributed by atoms with van der Waals surface area (Å²) in [6.07, 6.45) is 6.09. The number of furan rings is 1. The van der Waals surface area contributed by atoms with Crippen molar-refractivity contribution in [2.75, 3.05) is 24.5 Å². The Morgan fingerprint density at radius 2 is 1.92 bits per heavy atom. The van der Waals surface area contributed by atoms with Crippen molar-refractivity contribution in [2.24, 2.45) is 0 Å². The lowest BCUT2D eigenvalue weighted by Gasteiger charge is -2.43. The number of nitrogens with one attached hydrogen (secondary N) is 1. The summed E-state index contributed by atoms with van der Waals surface area (Å²) in [5.41, 5.74) is 5.23. The fourth-order valence-electron chi connectivity index (χ4n) is 5.61. The van der Waals surface area contributed by atoms with E-state index in [0.29, 0.717) is 37.9 Å². The molecule has 0 radical (unpaired) electrons. The van der Waals surface area contributed by atoms with Crippen molar-refractivity contribution in [1.82, 2.24) is 9.88 Å². The van der Waals surface area contributed by atoms with Crippen molar-refractivity contribution >= 4 is 17.9 Å². The van der Waals surface area contributed by atoms with Crippen LogP contribution in [0, 0.1) is 5.41 Å². The summed E-state index contributed by atoms with van der Waals surface area (Å²) in [4.78, 5) is 22.8. The van der Waals surface area contributed by atoms with Crippen LogP contribution in [0.25, 0.3) is 0 Å². The number of hydrogen-bond donors (Lipinski definition) is 1. The zero-order chi connectivity index (χ0) is 24.9. The van der Waals surface area contributed by atoms with E-state index in [-0.39, 0.29) is 17.6 Å². The lowest BCUT2D eigenvalue weighted by atomic mass is 9.87. The average Bonchev–Trinajstić information content (AvgIpc) is 3.59. The van der Waals surface area contributed by atoms with Crippen molar-refractivity contribution in [3.63, 3.8) is 0 Å². The summed E-state index contributed by atoms with van der Waals surface area (Å²) in [5, 5.41) is 8.37. The minimum atomic E-state index is -0.273. The molecule has 7 nitrogen and oxygen atoms in total. The maximum Gasteiger partial charge on any atom is 0.290 e.